The van der Waals surface area contributed by atoms with Crippen LogP contribution in [0.15, 0.2) is 67.1 Å². The van der Waals surface area contributed by atoms with Gasteiger partial charge in [0.1, 0.15) is 5.82 Å². The highest BCUT2D eigenvalue weighted by Crippen LogP contribution is 2.34. The summed E-state index contributed by atoms with van der Waals surface area (Å²) in [6, 6.07) is 12.5. The van der Waals surface area contributed by atoms with Crippen LogP contribution in [0.25, 0.3) is 22.2 Å². The van der Waals surface area contributed by atoms with E-state index < -0.39 is 11.7 Å². The molecule has 0 aliphatic carbocycles. The highest BCUT2D eigenvalue weighted by molar-refractivity contribution is 5.95. The summed E-state index contributed by atoms with van der Waals surface area (Å²) in [4.78, 5) is 11.5. The van der Waals surface area contributed by atoms with Gasteiger partial charge in [0.05, 0.1) is 23.0 Å². The number of hydrogen-bond donors (Lipinski definition) is 2. The molecule has 0 amide bonds. The van der Waals surface area contributed by atoms with E-state index in [1.165, 1.54) is 6.07 Å². The number of pyridine rings is 2. The van der Waals surface area contributed by atoms with Crippen molar-refractivity contribution in [2.24, 2.45) is 0 Å². The number of nitrogens with one attached hydrogen (secondary N) is 2. The van der Waals surface area contributed by atoms with E-state index in [2.05, 4.69) is 20.3 Å². The molecule has 0 radical (unpaired) electrons. The summed E-state index contributed by atoms with van der Waals surface area (Å²) >= 11 is 0. The minimum absolute atomic E-state index is 0.461. The molecule has 2 N–H and O–H groups in total. The van der Waals surface area contributed by atoms with E-state index in [1.54, 1.807) is 42.9 Å². The second kappa shape index (κ2) is 6.18. The van der Waals surface area contributed by atoms with Gasteiger partial charge in [0.15, 0.2) is 0 Å². The third kappa shape index (κ3) is 3.11. The Morgan fingerprint density at radius 1 is 0.962 bits per heavy atom. The van der Waals surface area contributed by atoms with Crippen LogP contribution in [-0.2, 0) is 6.18 Å². The average Bonchev–Trinajstić information content (AvgIpc) is 3.07. The smallest absolute Gasteiger partial charge is 0.354 e. The molecule has 3 aromatic heterocycles. The highest BCUT2D eigenvalue weighted by Gasteiger charge is 2.30. The first-order valence-corrected chi connectivity index (χ1v) is 7.83. The Balaban J connectivity index is 1.76. The Morgan fingerprint density at radius 2 is 1.85 bits per heavy atom. The van der Waals surface area contributed by atoms with Gasteiger partial charge in [-0.3, -0.25) is 4.98 Å². The molecule has 130 valence electrons. The number of aromatic nitrogens is 3. The molecular formula is C19H13F3N4. The molecule has 4 rings (SSSR count). The average molecular weight is 354 g/mol. The van der Waals surface area contributed by atoms with Gasteiger partial charge in [-0.05, 0) is 42.0 Å². The van der Waals surface area contributed by atoms with Crippen LogP contribution in [0.2, 0.25) is 0 Å². The first-order chi connectivity index (χ1) is 12.5. The maximum Gasteiger partial charge on any atom is 0.416 e. The molecule has 0 unspecified atom stereocenters. The van der Waals surface area contributed by atoms with Gasteiger partial charge in [0.25, 0.3) is 0 Å². The quantitative estimate of drug-likeness (QED) is 0.519. The molecule has 0 saturated heterocycles. The summed E-state index contributed by atoms with van der Waals surface area (Å²) in [5.41, 5.74) is 1.92. The molecule has 3 heterocycles. The molecule has 1 aromatic carbocycles. The summed E-state index contributed by atoms with van der Waals surface area (Å²) in [5.74, 6) is 0.602. The summed E-state index contributed by atoms with van der Waals surface area (Å²) in [6.07, 6.45) is 0.589. The van der Waals surface area contributed by atoms with Crippen molar-refractivity contribution in [1.29, 1.82) is 0 Å². The fourth-order valence-electron chi connectivity index (χ4n) is 2.75. The van der Waals surface area contributed by atoms with Crippen LogP contribution in [0.3, 0.4) is 0 Å². The fourth-order valence-corrected chi connectivity index (χ4v) is 2.75. The molecule has 0 saturated carbocycles. The van der Waals surface area contributed by atoms with E-state index in [-0.39, 0.29) is 0 Å². The predicted molar refractivity (Wildman–Crippen MR) is 94.1 cm³/mol. The minimum atomic E-state index is -4.38. The van der Waals surface area contributed by atoms with Crippen LogP contribution in [-0.4, -0.2) is 15.0 Å². The Bertz CT molecular complexity index is 1060. The topological polar surface area (TPSA) is 53.6 Å². The Labute approximate surface area is 146 Å². The lowest BCUT2D eigenvalue weighted by Crippen LogP contribution is -2.04. The number of hydrogen-bond acceptors (Lipinski definition) is 3. The lowest BCUT2D eigenvalue weighted by Gasteiger charge is -2.07. The second-order valence-corrected chi connectivity index (χ2v) is 5.75. The third-order valence-electron chi connectivity index (χ3n) is 3.97. The normalized spacial score (nSPS) is 11.7. The van der Waals surface area contributed by atoms with E-state index in [4.69, 9.17) is 0 Å². The highest BCUT2D eigenvalue weighted by atomic mass is 19.4. The molecule has 0 atom stereocenters. The van der Waals surface area contributed by atoms with Crippen molar-refractivity contribution in [2.45, 2.75) is 6.18 Å². The zero-order valence-corrected chi connectivity index (χ0v) is 13.4. The zero-order chi connectivity index (χ0) is 18.1. The molecule has 0 aliphatic heterocycles. The molecule has 26 heavy (non-hydrogen) atoms. The molecule has 4 nitrogen and oxygen atoms in total. The lowest BCUT2D eigenvalue weighted by molar-refractivity contribution is -0.137. The standard InChI is InChI=1S/C19H13F3N4/c20-19(21,22)13-4-1-3-12(9-13)17-10-15-16(26-17)6-8-24-18(15)25-14-5-2-7-23-11-14/h1-11,26H,(H,24,25). The number of fused-ring (bicyclic) bond motifs is 1. The molecule has 4 aromatic rings. The van der Waals surface area contributed by atoms with Gasteiger partial charge in [-0.2, -0.15) is 13.2 Å². The molecule has 7 heteroatoms. The SMILES string of the molecule is FC(F)(F)c1cccc(-c2cc3c(Nc4cccnc4)nccc3[nH]2)c1. The van der Waals surface area contributed by atoms with Crippen LogP contribution < -0.4 is 5.32 Å². The number of halogens is 3. The van der Waals surface area contributed by atoms with Crippen LogP contribution >= 0.6 is 0 Å². The summed E-state index contributed by atoms with van der Waals surface area (Å²) < 4.78 is 38.9. The van der Waals surface area contributed by atoms with Gasteiger partial charge in [0.2, 0.25) is 0 Å². The molecule has 0 fully saturated rings. The van der Waals surface area contributed by atoms with Gasteiger partial charge in [-0.25, -0.2) is 4.98 Å². The van der Waals surface area contributed by atoms with Gasteiger partial charge in [-0.15, -0.1) is 0 Å². The van der Waals surface area contributed by atoms with E-state index in [9.17, 15) is 13.2 Å². The number of alkyl halides is 3. The molecule has 0 bridgehead atoms. The Hall–Kier alpha value is -3.35. The maximum absolute atomic E-state index is 13.0. The van der Waals surface area contributed by atoms with Gasteiger partial charge < -0.3 is 10.3 Å². The molecular weight excluding hydrogens is 341 g/mol. The van der Waals surface area contributed by atoms with Crippen molar-refractivity contribution in [3.8, 4) is 11.3 Å². The van der Waals surface area contributed by atoms with Crippen LogP contribution in [0, 0.1) is 0 Å². The Morgan fingerprint density at radius 3 is 2.62 bits per heavy atom. The molecule has 0 aliphatic rings. The van der Waals surface area contributed by atoms with E-state index in [0.717, 1.165) is 28.7 Å². The van der Waals surface area contributed by atoms with Crippen LogP contribution in [0.4, 0.5) is 24.7 Å². The first-order valence-electron chi connectivity index (χ1n) is 7.83. The van der Waals surface area contributed by atoms with Crippen molar-refractivity contribution < 1.29 is 13.2 Å². The van der Waals surface area contributed by atoms with Crippen LogP contribution in [0.1, 0.15) is 5.56 Å². The number of benzene rings is 1. The number of nitrogens with zero attached hydrogens (tertiary/aromatic N) is 2. The lowest BCUT2D eigenvalue weighted by atomic mass is 10.1. The van der Waals surface area contributed by atoms with E-state index in [0.29, 0.717) is 17.1 Å². The summed E-state index contributed by atoms with van der Waals surface area (Å²) in [7, 11) is 0. The monoisotopic (exact) mass is 354 g/mol. The van der Waals surface area contributed by atoms with Crippen molar-refractivity contribution >= 4 is 22.4 Å². The number of H-pyrrole nitrogens is 1. The van der Waals surface area contributed by atoms with Crippen molar-refractivity contribution in [2.75, 3.05) is 5.32 Å². The van der Waals surface area contributed by atoms with Gasteiger partial charge >= 0.3 is 6.18 Å². The second-order valence-electron chi connectivity index (χ2n) is 5.75. The number of rotatable bonds is 3. The Kier molecular flexibility index (Phi) is 3.84. The van der Waals surface area contributed by atoms with E-state index in [1.807, 2.05) is 6.07 Å². The van der Waals surface area contributed by atoms with Gasteiger partial charge in [0, 0.05) is 23.5 Å². The predicted octanol–water partition coefficient (Wildman–Crippen LogP) is 5.39. The third-order valence-corrected chi connectivity index (χ3v) is 3.97. The molecule has 0 spiro atoms. The van der Waals surface area contributed by atoms with Gasteiger partial charge in [-0.1, -0.05) is 12.1 Å². The van der Waals surface area contributed by atoms with Crippen molar-refractivity contribution in [3.05, 3.63) is 72.7 Å². The van der Waals surface area contributed by atoms with E-state index >= 15 is 0 Å². The fraction of sp³-hybridized carbons (Fsp3) is 0.0526. The number of anilines is 2. The number of aromatic amines is 1. The minimum Gasteiger partial charge on any atom is -0.354 e. The first kappa shape index (κ1) is 16.1. The summed E-state index contributed by atoms with van der Waals surface area (Å²) in [5, 5.41) is 3.95. The van der Waals surface area contributed by atoms with Crippen molar-refractivity contribution in [3.63, 3.8) is 0 Å². The maximum atomic E-state index is 13.0. The largest absolute Gasteiger partial charge is 0.416 e. The van der Waals surface area contributed by atoms with Crippen LogP contribution in [0.5, 0.6) is 0 Å². The zero-order valence-electron chi connectivity index (χ0n) is 13.4. The van der Waals surface area contributed by atoms with Crippen molar-refractivity contribution in [1.82, 2.24) is 15.0 Å². The summed E-state index contributed by atoms with van der Waals surface area (Å²) in [6.45, 7) is 0.